The van der Waals surface area contributed by atoms with E-state index < -0.39 is 23.7 Å². The van der Waals surface area contributed by atoms with Gasteiger partial charge in [0.2, 0.25) is 0 Å². The largest absolute Gasteiger partial charge is 0.507 e. The summed E-state index contributed by atoms with van der Waals surface area (Å²) in [6, 6.07) is 2.94. The molecule has 1 amide bonds. The summed E-state index contributed by atoms with van der Waals surface area (Å²) in [5.41, 5.74) is -1.08. The van der Waals surface area contributed by atoms with Gasteiger partial charge in [-0.3, -0.25) is 9.69 Å². The molecule has 1 aromatic carbocycles. The molecule has 0 spiro atoms. The number of hydrogen-bond acceptors (Lipinski definition) is 7. The van der Waals surface area contributed by atoms with Crippen LogP contribution in [-0.2, 0) is 4.74 Å². The third-order valence-corrected chi connectivity index (χ3v) is 8.25. The van der Waals surface area contributed by atoms with E-state index in [2.05, 4.69) is 24.1 Å². The number of benzene rings is 1. The van der Waals surface area contributed by atoms with Gasteiger partial charge in [0.05, 0.1) is 13.2 Å². The molecule has 3 aliphatic carbocycles. The Balaban J connectivity index is 1.38. The van der Waals surface area contributed by atoms with Gasteiger partial charge < -0.3 is 30.1 Å². The highest BCUT2D eigenvalue weighted by Crippen LogP contribution is 2.67. The number of phenolic OH excluding ortho intramolecular Hbond substituents is 1. The van der Waals surface area contributed by atoms with E-state index in [4.69, 9.17) is 9.47 Å². The van der Waals surface area contributed by atoms with Gasteiger partial charge in [-0.1, -0.05) is 13.8 Å². The lowest BCUT2D eigenvalue weighted by molar-refractivity contribution is -0.289. The molecule has 1 saturated heterocycles. The lowest BCUT2D eigenvalue weighted by Gasteiger charge is -2.67. The number of rotatable bonds is 4. The van der Waals surface area contributed by atoms with Gasteiger partial charge in [0.25, 0.3) is 5.91 Å². The molecule has 6 rings (SSSR count). The molecule has 8 nitrogen and oxygen atoms in total. The van der Waals surface area contributed by atoms with E-state index >= 15 is 0 Å². The molecule has 170 valence electrons. The van der Waals surface area contributed by atoms with Crippen LogP contribution >= 0.6 is 0 Å². The number of carbonyl (C=O) groups is 1. The van der Waals surface area contributed by atoms with E-state index in [1.807, 2.05) is 0 Å². The maximum absolute atomic E-state index is 13.0. The maximum atomic E-state index is 13.0. The first-order chi connectivity index (χ1) is 14.7. The van der Waals surface area contributed by atoms with Crippen LogP contribution in [0.1, 0.15) is 48.7 Å². The molecule has 2 bridgehead atoms. The number of nitrogens with zero attached hydrogens (tertiary/aromatic N) is 1. The van der Waals surface area contributed by atoms with Crippen molar-refractivity contribution < 1.29 is 29.6 Å². The lowest BCUT2D eigenvalue weighted by Crippen LogP contribution is -2.72. The van der Waals surface area contributed by atoms with Crippen molar-refractivity contribution in [1.29, 1.82) is 0 Å². The molecule has 2 aliphatic heterocycles. The number of carbonyl (C=O) groups excluding carboxylic acids is 1. The normalized spacial score (nSPS) is 35.9. The predicted octanol–water partition coefficient (Wildman–Crippen LogP) is 1.05. The molecule has 0 unspecified atom stereocenters. The highest BCUT2D eigenvalue weighted by atomic mass is 16.5. The van der Waals surface area contributed by atoms with Gasteiger partial charge in [-0.05, 0) is 42.2 Å². The van der Waals surface area contributed by atoms with Crippen molar-refractivity contribution in [3.05, 3.63) is 23.3 Å². The van der Waals surface area contributed by atoms with Crippen LogP contribution in [0, 0.1) is 17.3 Å². The zero-order valence-electron chi connectivity index (χ0n) is 18.1. The Labute approximate surface area is 182 Å². The Hall–Kier alpha value is -1.87. The minimum absolute atomic E-state index is 0.0269. The summed E-state index contributed by atoms with van der Waals surface area (Å²) < 4.78 is 11.5. The number of amides is 1. The summed E-state index contributed by atoms with van der Waals surface area (Å²) in [5, 5.41) is 36.1. The second kappa shape index (κ2) is 7.33. The van der Waals surface area contributed by atoms with Crippen LogP contribution in [0.25, 0.3) is 0 Å². The van der Waals surface area contributed by atoms with Crippen molar-refractivity contribution >= 4 is 5.91 Å². The van der Waals surface area contributed by atoms with E-state index in [0.29, 0.717) is 44.2 Å². The molecule has 0 radical (unpaired) electrons. The zero-order chi connectivity index (χ0) is 22.0. The molecule has 0 aromatic heterocycles. The topological polar surface area (TPSA) is 111 Å². The molecule has 3 saturated carbocycles. The van der Waals surface area contributed by atoms with Crippen LogP contribution in [0.2, 0.25) is 0 Å². The Bertz CT molecular complexity index is 883. The second-order valence-electron chi connectivity index (χ2n) is 10.0. The van der Waals surface area contributed by atoms with Gasteiger partial charge in [-0.25, -0.2) is 0 Å². The van der Waals surface area contributed by atoms with E-state index in [1.165, 1.54) is 6.07 Å². The average molecular weight is 433 g/mol. The number of fused-ring (bicyclic) bond motifs is 1. The van der Waals surface area contributed by atoms with E-state index in [1.54, 1.807) is 6.07 Å². The third-order valence-electron chi connectivity index (χ3n) is 8.25. The Kier molecular flexibility index (Phi) is 4.97. The smallest absolute Gasteiger partial charge is 0.258 e. The summed E-state index contributed by atoms with van der Waals surface area (Å²) in [4.78, 5) is 15.2. The molecule has 1 aromatic rings. The molecular weight excluding hydrogens is 400 g/mol. The standard InChI is InChI=1S/C23H32N2O6/c1-22(2)13-11-16(22)23(29)17(12-13)31-19-14(20(23)27)3-4-15(26)18(19)21(28)24-5-6-25-7-9-30-10-8-25/h3-4,13,16-17,20,26-27,29H,5-12H2,1-2H3,(H,24,28)/t13-,16-,17-,20+,23-/m1/s1. The fourth-order valence-electron chi connectivity index (χ4n) is 6.16. The third kappa shape index (κ3) is 3.07. The van der Waals surface area contributed by atoms with Crippen molar-refractivity contribution in [3.63, 3.8) is 0 Å². The van der Waals surface area contributed by atoms with Gasteiger partial charge >= 0.3 is 0 Å². The van der Waals surface area contributed by atoms with Crippen molar-refractivity contribution in [2.24, 2.45) is 17.3 Å². The summed E-state index contributed by atoms with van der Waals surface area (Å²) in [5.74, 6) is -0.126. The maximum Gasteiger partial charge on any atom is 0.258 e. The highest BCUT2D eigenvalue weighted by molar-refractivity contribution is 6.00. The molecule has 4 N–H and O–H groups in total. The van der Waals surface area contributed by atoms with E-state index in [0.717, 1.165) is 19.5 Å². The van der Waals surface area contributed by atoms with Crippen molar-refractivity contribution in [2.45, 2.75) is 44.5 Å². The predicted molar refractivity (Wildman–Crippen MR) is 112 cm³/mol. The number of hydrogen-bond donors (Lipinski definition) is 4. The molecule has 5 aliphatic rings. The van der Waals surface area contributed by atoms with Crippen LogP contribution < -0.4 is 10.1 Å². The lowest BCUT2D eigenvalue weighted by atomic mass is 9.42. The molecular formula is C23H32N2O6. The number of aromatic hydroxyl groups is 1. The first kappa shape index (κ1) is 21.0. The summed E-state index contributed by atoms with van der Waals surface area (Å²) in [6.07, 6.45) is -0.298. The highest BCUT2D eigenvalue weighted by Gasteiger charge is 2.69. The second-order valence-corrected chi connectivity index (χ2v) is 10.0. The van der Waals surface area contributed by atoms with E-state index in [-0.39, 0.29) is 28.4 Å². The summed E-state index contributed by atoms with van der Waals surface area (Å²) in [7, 11) is 0. The zero-order valence-corrected chi connectivity index (χ0v) is 18.1. The van der Waals surface area contributed by atoms with Crippen molar-refractivity contribution in [1.82, 2.24) is 10.2 Å². The van der Waals surface area contributed by atoms with Crippen LogP contribution in [0.5, 0.6) is 11.5 Å². The number of ether oxygens (including phenoxy) is 2. The average Bonchev–Trinajstić information content (AvgIpc) is 2.74. The molecule has 4 fully saturated rings. The first-order valence-corrected chi connectivity index (χ1v) is 11.3. The van der Waals surface area contributed by atoms with Crippen LogP contribution in [0.15, 0.2) is 12.1 Å². The monoisotopic (exact) mass is 432 g/mol. The Morgan fingerprint density at radius 1 is 1.26 bits per heavy atom. The first-order valence-electron chi connectivity index (χ1n) is 11.3. The van der Waals surface area contributed by atoms with Crippen molar-refractivity contribution in [2.75, 3.05) is 39.4 Å². The number of aliphatic hydroxyl groups excluding tert-OH is 1. The molecule has 8 heteroatoms. The number of morpholine rings is 1. The molecule has 5 atom stereocenters. The van der Waals surface area contributed by atoms with Crippen LogP contribution in [-0.4, -0.2) is 77.2 Å². The number of aliphatic hydroxyl groups is 2. The minimum Gasteiger partial charge on any atom is -0.507 e. The van der Waals surface area contributed by atoms with Crippen molar-refractivity contribution in [3.8, 4) is 11.5 Å². The Morgan fingerprint density at radius 3 is 2.71 bits per heavy atom. The number of nitrogens with one attached hydrogen (secondary N) is 1. The summed E-state index contributed by atoms with van der Waals surface area (Å²) in [6.45, 7) is 8.42. The van der Waals surface area contributed by atoms with Gasteiger partial charge in [0.15, 0.2) is 0 Å². The van der Waals surface area contributed by atoms with Crippen LogP contribution in [0.4, 0.5) is 0 Å². The Morgan fingerprint density at radius 2 is 2.00 bits per heavy atom. The fraction of sp³-hybridized carbons (Fsp3) is 0.696. The van der Waals surface area contributed by atoms with Gasteiger partial charge in [0, 0.05) is 31.7 Å². The quantitative estimate of drug-likeness (QED) is 0.563. The van der Waals surface area contributed by atoms with E-state index in [9.17, 15) is 20.1 Å². The minimum atomic E-state index is -1.40. The van der Waals surface area contributed by atoms with Crippen LogP contribution in [0.3, 0.4) is 0 Å². The van der Waals surface area contributed by atoms with Gasteiger partial charge in [-0.2, -0.15) is 0 Å². The number of phenols is 1. The summed E-state index contributed by atoms with van der Waals surface area (Å²) >= 11 is 0. The van der Waals surface area contributed by atoms with Gasteiger partial charge in [-0.15, -0.1) is 0 Å². The fourth-order valence-corrected chi connectivity index (χ4v) is 6.16. The molecule has 2 heterocycles. The molecule has 31 heavy (non-hydrogen) atoms. The SMILES string of the molecule is CC1(C)[C@@H]2C[C@H]1[C@@]1(O)[C@@H](C2)Oc2c(ccc(O)c2C(=O)NCCN2CCOCC2)[C@@H]1O. The van der Waals surface area contributed by atoms with Gasteiger partial charge in [0.1, 0.15) is 34.9 Å².